The molecule has 22 heavy (non-hydrogen) atoms. The van der Waals surface area contributed by atoms with E-state index in [0.717, 1.165) is 12.8 Å². The Morgan fingerprint density at radius 1 is 1.36 bits per heavy atom. The molecule has 1 atom stereocenters. The standard InChI is InChI=1S/C14H18F3N3O2/c15-14(16,17)22-12-5-3-11(4-6-12)19-8-13(21)20-7-1-2-10(18)9-20/h3-6,10,19H,1-2,7-9,18H2/t10-/m1/s1. The van der Waals surface area contributed by atoms with E-state index >= 15 is 0 Å². The zero-order valence-electron chi connectivity index (χ0n) is 11.9. The maximum absolute atomic E-state index is 12.0. The van der Waals surface area contributed by atoms with Crippen LogP contribution in [-0.2, 0) is 4.79 Å². The van der Waals surface area contributed by atoms with Crippen molar-refractivity contribution in [2.75, 3.05) is 25.0 Å². The molecule has 0 spiro atoms. The Bertz CT molecular complexity index is 505. The quantitative estimate of drug-likeness (QED) is 0.891. The fraction of sp³-hybridized carbons (Fsp3) is 0.500. The minimum atomic E-state index is -4.71. The summed E-state index contributed by atoms with van der Waals surface area (Å²) in [6.07, 6.45) is -2.91. The molecule has 0 aliphatic carbocycles. The number of hydrogen-bond donors (Lipinski definition) is 2. The predicted octanol–water partition coefficient (Wildman–Crippen LogP) is 1.95. The third-order valence-corrected chi connectivity index (χ3v) is 3.34. The smallest absolute Gasteiger partial charge is 0.406 e. The fourth-order valence-electron chi connectivity index (χ4n) is 2.30. The molecule has 1 aliphatic rings. The molecule has 1 aliphatic heterocycles. The molecule has 1 aromatic rings. The molecule has 3 N–H and O–H groups in total. The van der Waals surface area contributed by atoms with Crippen LogP contribution in [0.15, 0.2) is 24.3 Å². The minimum Gasteiger partial charge on any atom is -0.406 e. The Balaban J connectivity index is 1.82. The van der Waals surface area contributed by atoms with Crippen LogP contribution in [0.4, 0.5) is 18.9 Å². The Morgan fingerprint density at radius 2 is 2.05 bits per heavy atom. The fourth-order valence-corrected chi connectivity index (χ4v) is 2.30. The highest BCUT2D eigenvalue weighted by molar-refractivity contribution is 5.81. The second-order valence-electron chi connectivity index (χ2n) is 5.17. The van der Waals surface area contributed by atoms with Gasteiger partial charge >= 0.3 is 6.36 Å². The first-order valence-electron chi connectivity index (χ1n) is 6.96. The van der Waals surface area contributed by atoms with Gasteiger partial charge in [-0.2, -0.15) is 0 Å². The minimum absolute atomic E-state index is 0.0106. The van der Waals surface area contributed by atoms with Crippen molar-refractivity contribution < 1.29 is 22.7 Å². The van der Waals surface area contributed by atoms with Crippen molar-refractivity contribution in [1.29, 1.82) is 0 Å². The molecule has 0 bridgehead atoms. The number of amides is 1. The van der Waals surface area contributed by atoms with Crippen LogP contribution in [0, 0.1) is 0 Å². The summed E-state index contributed by atoms with van der Waals surface area (Å²) in [5, 5.41) is 2.88. The number of nitrogens with one attached hydrogen (secondary N) is 1. The number of likely N-dealkylation sites (tertiary alicyclic amines) is 1. The van der Waals surface area contributed by atoms with Crippen LogP contribution in [0.3, 0.4) is 0 Å². The molecular formula is C14H18F3N3O2. The van der Waals surface area contributed by atoms with Gasteiger partial charge in [-0.3, -0.25) is 4.79 Å². The van der Waals surface area contributed by atoms with Crippen molar-refractivity contribution >= 4 is 11.6 Å². The molecule has 0 aromatic heterocycles. The van der Waals surface area contributed by atoms with Crippen molar-refractivity contribution in [3.05, 3.63) is 24.3 Å². The van der Waals surface area contributed by atoms with Crippen LogP contribution in [0.25, 0.3) is 0 Å². The molecule has 0 radical (unpaired) electrons. The number of nitrogens with two attached hydrogens (primary N) is 1. The van der Waals surface area contributed by atoms with E-state index in [1.165, 1.54) is 24.3 Å². The topological polar surface area (TPSA) is 67.6 Å². The van der Waals surface area contributed by atoms with E-state index in [0.29, 0.717) is 18.8 Å². The van der Waals surface area contributed by atoms with Gasteiger partial charge in [0.25, 0.3) is 0 Å². The van der Waals surface area contributed by atoms with Gasteiger partial charge < -0.3 is 20.7 Å². The number of nitrogens with zero attached hydrogens (tertiary/aromatic N) is 1. The number of alkyl halides is 3. The first-order valence-corrected chi connectivity index (χ1v) is 6.96. The second-order valence-corrected chi connectivity index (χ2v) is 5.17. The van der Waals surface area contributed by atoms with Crippen LogP contribution in [0.1, 0.15) is 12.8 Å². The SMILES string of the molecule is N[C@@H]1CCCN(C(=O)CNc2ccc(OC(F)(F)F)cc2)C1. The van der Waals surface area contributed by atoms with Crippen molar-refractivity contribution in [1.82, 2.24) is 4.90 Å². The molecule has 122 valence electrons. The molecule has 1 aromatic carbocycles. The van der Waals surface area contributed by atoms with Crippen molar-refractivity contribution in [3.63, 3.8) is 0 Å². The molecule has 1 saturated heterocycles. The van der Waals surface area contributed by atoms with Gasteiger partial charge in [0, 0.05) is 24.8 Å². The summed E-state index contributed by atoms with van der Waals surface area (Å²) in [4.78, 5) is 13.7. The lowest BCUT2D eigenvalue weighted by Gasteiger charge is -2.30. The van der Waals surface area contributed by atoms with Gasteiger partial charge in [0.1, 0.15) is 5.75 Å². The predicted molar refractivity (Wildman–Crippen MR) is 75.4 cm³/mol. The summed E-state index contributed by atoms with van der Waals surface area (Å²) in [5.74, 6) is -0.378. The number of ether oxygens (including phenoxy) is 1. The highest BCUT2D eigenvalue weighted by Gasteiger charge is 2.31. The lowest BCUT2D eigenvalue weighted by molar-refractivity contribution is -0.274. The third kappa shape index (κ3) is 5.10. The Labute approximate surface area is 126 Å². The van der Waals surface area contributed by atoms with E-state index in [-0.39, 0.29) is 24.2 Å². The van der Waals surface area contributed by atoms with Gasteiger partial charge in [0.15, 0.2) is 0 Å². The van der Waals surface area contributed by atoms with Gasteiger partial charge in [-0.1, -0.05) is 0 Å². The van der Waals surface area contributed by atoms with Crippen LogP contribution >= 0.6 is 0 Å². The van der Waals surface area contributed by atoms with E-state index in [1.54, 1.807) is 4.90 Å². The summed E-state index contributed by atoms with van der Waals surface area (Å²) < 4.78 is 39.9. The van der Waals surface area contributed by atoms with Crippen molar-refractivity contribution in [2.24, 2.45) is 5.73 Å². The molecule has 2 rings (SSSR count). The molecule has 0 saturated carbocycles. The molecule has 8 heteroatoms. The van der Waals surface area contributed by atoms with Crippen LogP contribution in [0.5, 0.6) is 5.75 Å². The lowest BCUT2D eigenvalue weighted by Crippen LogP contribution is -2.47. The van der Waals surface area contributed by atoms with E-state index < -0.39 is 6.36 Å². The summed E-state index contributed by atoms with van der Waals surface area (Å²) in [6, 6.07) is 5.25. The number of halogens is 3. The Morgan fingerprint density at radius 3 is 2.64 bits per heavy atom. The number of carbonyl (C=O) groups excluding carboxylic acids is 1. The first kappa shape index (κ1) is 16.4. The van der Waals surface area contributed by atoms with Crippen molar-refractivity contribution in [3.8, 4) is 5.75 Å². The third-order valence-electron chi connectivity index (χ3n) is 3.34. The maximum atomic E-state index is 12.0. The zero-order chi connectivity index (χ0) is 16.2. The van der Waals surface area contributed by atoms with E-state index in [4.69, 9.17) is 5.73 Å². The van der Waals surface area contributed by atoms with Crippen LogP contribution in [0.2, 0.25) is 0 Å². The molecule has 1 amide bonds. The molecular weight excluding hydrogens is 299 g/mol. The largest absolute Gasteiger partial charge is 0.573 e. The number of carbonyl (C=O) groups is 1. The summed E-state index contributed by atoms with van der Waals surface area (Å²) in [6.45, 7) is 1.30. The lowest BCUT2D eigenvalue weighted by atomic mass is 10.1. The number of hydrogen-bond acceptors (Lipinski definition) is 4. The van der Waals surface area contributed by atoms with E-state index in [2.05, 4.69) is 10.1 Å². The van der Waals surface area contributed by atoms with Gasteiger partial charge in [0.2, 0.25) is 5.91 Å². The van der Waals surface area contributed by atoms with E-state index in [9.17, 15) is 18.0 Å². The van der Waals surface area contributed by atoms with E-state index in [1.807, 2.05) is 0 Å². The van der Waals surface area contributed by atoms with Gasteiger partial charge in [-0.25, -0.2) is 0 Å². The highest BCUT2D eigenvalue weighted by atomic mass is 19.4. The number of rotatable bonds is 4. The molecule has 5 nitrogen and oxygen atoms in total. The summed E-state index contributed by atoms with van der Waals surface area (Å²) in [5.41, 5.74) is 6.36. The first-order chi connectivity index (χ1) is 10.3. The van der Waals surface area contributed by atoms with Crippen LogP contribution in [-0.4, -0.2) is 42.8 Å². The number of anilines is 1. The molecule has 0 unspecified atom stereocenters. The molecule has 1 fully saturated rings. The highest BCUT2D eigenvalue weighted by Crippen LogP contribution is 2.23. The van der Waals surface area contributed by atoms with Crippen molar-refractivity contribution in [2.45, 2.75) is 25.2 Å². The average molecular weight is 317 g/mol. The average Bonchev–Trinajstić information content (AvgIpc) is 2.44. The number of piperidine rings is 1. The van der Waals surface area contributed by atoms with Gasteiger partial charge in [-0.05, 0) is 37.1 Å². The number of benzene rings is 1. The molecule has 1 heterocycles. The van der Waals surface area contributed by atoms with Gasteiger partial charge in [-0.15, -0.1) is 13.2 Å². The second kappa shape index (κ2) is 6.87. The maximum Gasteiger partial charge on any atom is 0.573 e. The monoisotopic (exact) mass is 317 g/mol. The Hall–Kier alpha value is -1.96. The van der Waals surface area contributed by atoms with Gasteiger partial charge in [0.05, 0.1) is 6.54 Å². The summed E-state index contributed by atoms with van der Waals surface area (Å²) >= 11 is 0. The zero-order valence-corrected chi connectivity index (χ0v) is 11.9. The normalized spacial score (nSPS) is 18.9. The Kier molecular flexibility index (Phi) is 5.12. The summed E-state index contributed by atoms with van der Waals surface area (Å²) in [7, 11) is 0. The van der Waals surface area contributed by atoms with Crippen LogP contribution < -0.4 is 15.8 Å².